The molecule has 0 bridgehead atoms. The Morgan fingerprint density at radius 2 is 2.25 bits per heavy atom. The molecule has 0 aliphatic carbocycles. The number of nitrogens with zero attached hydrogens (tertiary/aromatic N) is 1. The van der Waals surface area contributed by atoms with E-state index in [0.717, 1.165) is 11.4 Å². The van der Waals surface area contributed by atoms with Crippen LogP contribution in [-0.2, 0) is 23.1 Å². The molecule has 0 unspecified atom stereocenters. The zero-order valence-electron chi connectivity index (χ0n) is 10.7. The molecule has 9 heteroatoms. The van der Waals surface area contributed by atoms with Crippen molar-refractivity contribution in [3.8, 4) is 0 Å². The molecule has 0 radical (unpaired) electrons. The molecule has 0 spiro atoms. The fraction of sp³-hybridized carbons (Fsp3) is 0.364. The van der Waals surface area contributed by atoms with Crippen molar-refractivity contribution >= 4 is 37.3 Å². The van der Waals surface area contributed by atoms with Gasteiger partial charge in [0.2, 0.25) is 10.0 Å². The van der Waals surface area contributed by atoms with Gasteiger partial charge in [0, 0.05) is 23.7 Å². The normalized spacial score (nSPS) is 11.9. The molecule has 2 heterocycles. The number of aromatic nitrogens is 1. The van der Waals surface area contributed by atoms with Crippen LogP contribution in [0.1, 0.15) is 17.6 Å². The summed E-state index contributed by atoms with van der Waals surface area (Å²) in [6.07, 6.45) is 1.63. The molecule has 0 atom stereocenters. The van der Waals surface area contributed by atoms with E-state index in [1.165, 1.54) is 17.4 Å². The minimum absolute atomic E-state index is 0.106. The van der Waals surface area contributed by atoms with Gasteiger partial charge in [0.1, 0.15) is 10.7 Å². The average molecular weight is 380 g/mol. The van der Waals surface area contributed by atoms with E-state index in [9.17, 15) is 8.42 Å². The third-order valence-electron chi connectivity index (χ3n) is 2.47. The fourth-order valence-corrected chi connectivity index (χ4v) is 4.12. The molecule has 2 aromatic rings. The SMILES string of the molecule is CCNCc1cc(S(=O)(=O)NCc2cncs2)c(Br)o1. The highest BCUT2D eigenvalue weighted by Gasteiger charge is 2.22. The maximum Gasteiger partial charge on any atom is 0.245 e. The molecule has 20 heavy (non-hydrogen) atoms. The smallest absolute Gasteiger partial charge is 0.245 e. The third kappa shape index (κ3) is 3.89. The lowest BCUT2D eigenvalue weighted by atomic mass is 10.4. The van der Waals surface area contributed by atoms with E-state index in [2.05, 4.69) is 31.0 Å². The molecular weight excluding hydrogens is 366 g/mol. The molecule has 0 aliphatic heterocycles. The first kappa shape index (κ1) is 15.6. The molecule has 0 amide bonds. The standard InChI is InChI=1S/C11H14BrN3O3S2/c1-2-13-4-8-3-10(11(12)18-8)20(16,17)15-6-9-5-14-7-19-9/h3,5,7,13,15H,2,4,6H2,1H3. The molecule has 0 saturated carbocycles. The summed E-state index contributed by atoms with van der Waals surface area (Å²) in [5, 5.41) is 3.07. The Morgan fingerprint density at radius 1 is 1.45 bits per heavy atom. The van der Waals surface area contributed by atoms with Gasteiger partial charge in [-0.1, -0.05) is 6.92 Å². The number of thiazole rings is 1. The first-order chi connectivity index (χ1) is 9.53. The van der Waals surface area contributed by atoms with Crippen LogP contribution < -0.4 is 10.0 Å². The highest BCUT2D eigenvalue weighted by atomic mass is 79.9. The van der Waals surface area contributed by atoms with Crippen LogP contribution >= 0.6 is 27.3 Å². The Morgan fingerprint density at radius 3 is 2.90 bits per heavy atom. The van der Waals surface area contributed by atoms with Gasteiger partial charge in [0.05, 0.1) is 12.1 Å². The Kier molecular flexibility index (Phi) is 5.33. The van der Waals surface area contributed by atoms with Gasteiger partial charge in [-0.15, -0.1) is 11.3 Å². The van der Waals surface area contributed by atoms with E-state index >= 15 is 0 Å². The van der Waals surface area contributed by atoms with Crippen molar-refractivity contribution in [2.75, 3.05) is 6.54 Å². The fourth-order valence-electron chi connectivity index (χ4n) is 1.49. The van der Waals surface area contributed by atoms with Gasteiger partial charge < -0.3 is 9.73 Å². The number of hydrogen-bond donors (Lipinski definition) is 2. The highest BCUT2D eigenvalue weighted by Crippen LogP contribution is 2.26. The average Bonchev–Trinajstić information content (AvgIpc) is 3.03. The largest absolute Gasteiger partial charge is 0.452 e. The van der Waals surface area contributed by atoms with Crippen LogP contribution in [0, 0.1) is 0 Å². The molecule has 0 aliphatic rings. The lowest BCUT2D eigenvalue weighted by molar-refractivity contribution is 0.464. The van der Waals surface area contributed by atoms with Crippen LogP contribution in [0.4, 0.5) is 0 Å². The Hall–Kier alpha value is -0.740. The van der Waals surface area contributed by atoms with Gasteiger partial charge in [-0.2, -0.15) is 0 Å². The van der Waals surface area contributed by atoms with Crippen LogP contribution in [0.5, 0.6) is 0 Å². The summed E-state index contributed by atoms with van der Waals surface area (Å²) >= 11 is 4.54. The Bertz CT molecular complexity index is 653. The minimum Gasteiger partial charge on any atom is -0.452 e. The highest BCUT2D eigenvalue weighted by molar-refractivity contribution is 9.10. The Labute approximate surface area is 129 Å². The van der Waals surface area contributed by atoms with Crippen LogP contribution in [-0.4, -0.2) is 19.9 Å². The zero-order chi connectivity index (χ0) is 14.6. The maximum atomic E-state index is 12.2. The van der Waals surface area contributed by atoms with Crippen LogP contribution in [0.15, 0.2) is 31.8 Å². The van der Waals surface area contributed by atoms with E-state index in [1.54, 1.807) is 11.7 Å². The summed E-state index contributed by atoms with van der Waals surface area (Å²) in [5.74, 6) is 0.567. The predicted molar refractivity (Wildman–Crippen MR) is 79.9 cm³/mol. The van der Waals surface area contributed by atoms with Gasteiger partial charge in [0.25, 0.3) is 0 Å². The van der Waals surface area contributed by atoms with Gasteiger partial charge >= 0.3 is 0 Å². The second kappa shape index (κ2) is 6.81. The summed E-state index contributed by atoms with van der Waals surface area (Å²) in [4.78, 5) is 4.85. The van der Waals surface area contributed by atoms with E-state index in [-0.39, 0.29) is 16.1 Å². The topological polar surface area (TPSA) is 84.2 Å². The minimum atomic E-state index is -3.61. The van der Waals surface area contributed by atoms with Crippen molar-refractivity contribution in [2.45, 2.75) is 24.9 Å². The lowest BCUT2D eigenvalue weighted by Gasteiger charge is -2.02. The number of sulfonamides is 1. The predicted octanol–water partition coefficient (Wildman–Crippen LogP) is 2.09. The number of hydrogen-bond acceptors (Lipinski definition) is 6. The maximum absolute atomic E-state index is 12.2. The molecule has 2 N–H and O–H groups in total. The molecule has 0 saturated heterocycles. The van der Waals surface area contributed by atoms with E-state index in [4.69, 9.17) is 4.42 Å². The van der Waals surface area contributed by atoms with Crippen molar-refractivity contribution in [2.24, 2.45) is 0 Å². The molecule has 110 valence electrons. The van der Waals surface area contributed by atoms with Gasteiger partial charge in [0.15, 0.2) is 4.67 Å². The quantitative estimate of drug-likeness (QED) is 0.769. The monoisotopic (exact) mass is 379 g/mol. The molecule has 6 nitrogen and oxygen atoms in total. The molecule has 2 aromatic heterocycles. The second-order valence-electron chi connectivity index (χ2n) is 3.92. The van der Waals surface area contributed by atoms with Crippen molar-refractivity contribution in [3.05, 3.63) is 33.1 Å². The zero-order valence-corrected chi connectivity index (χ0v) is 13.9. The molecule has 0 aromatic carbocycles. The van der Waals surface area contributed by atoms with Crippen molar-refractivity contribution < 1.29 is 12.8 Å². The van der Waals surface area contributed by atoms with Gasteiger partial charge in [-0.3, -0.25) is 4.98 Å². The first-order valence-electron chi connectivity index (χ1n) is 5.89. The second-order valence-corrected chi connectivity index (χ2v) is 7.35. The van der Waals surface area contributed by atoms with Crippen LogP contribution in [0.3, 0.4) is 0 Å². The molecule has 0 fully saturated rings. The van der Waals surface area contributed by atoms with Gasteiger partial charge in [-0.25, -0.2) is 13.1 Å². The molecular formula is C11H14BrN3O3S2. The molecule has 2 rings (SSSR count). The van der Waals surface area contributed by atoms with E-state index in [0.29, 0.717) is 12.3 Å². The summed E-state index contributed by atoms with van der Waals surface area (Å²) in [6.45, 7) is 3.45. The number of rotatable bonds is 7. The summed E-state index contributed by atoms with van der Waals surface area (Å²) < 4.78 is 32.5. The van der Waals surface area contributed by atoms with Gasteiger partial charge in [-0.05, 0) is 22.5 Å². The van der Waals surface area contributed by atoms with Crippen LogP contribution in [0.2, 0.25) is 0 Å². The summed E-state index contributed by atoms with van der Waals surface area (Å²) in [7, 11) is -3.61. The Balaban J connectivity index is 2.10. The lowest BCUT2D eigenvalue weighted by Crippen LogP contribution is -2.22. The third-order valence-corrected chi connectivity index (χ3v) is 5.50. The van der Waals surface area contributed by atoms with E-state index in [1.807, 2.05) is 6.92 Å². The number of nitrogens with one attached hydrogen (secondary N) is 2. The number of furan rings is 1. The van der Waals surface area contributed by atoms with E-state index < -0.39 is 10.0 Å². The number of halogens is 1. The van der Waals surface area contributed by atoms with Crippen molar-refractivity contribution in [3.63, 3.8) is 0 Å². The summed E-state index contributed by atoms with van der Waals surface area (Å²) in [6, 6.07) is 1.52. The van der Waals surface area contributed by atoms with Crippen molar-refractivity contribution in [1.29, 1.82) is 0 Å². The first-order valence-corrected chi connectivity index (χ1v) is 9.04. The summed E-state index contributed by atoms with van der Waals surface area (Å²) in [5.41, 5.74) is 1.66. The van der Waals surface area contributed by atoms with Crippen molar-refractivity contribution in [1.82, 2.24) is 15.0 Å². The van der Waals surface area contributed by atoms with Crippen LogP contribution in [0.25, 0.3) is 0 Å².